The molecule has 0 bridgehead atoms. The van der Waals surface area contributed by atoms with Crippen molar-refractivity contribution in [1.82, 2.24) is 0 Å². The summed E-state index contributed by atoms with van der Waals surface area (Å²) in [4.78, 5) is 22.1. The number of hydrogen-bond acceptors (Lipinski definition) is 3. The smallest absolute Gasteiger partial charge is 0.164 e. The van der Waals surface area contributed by atoms with E-state index in [2.05, 4.69) is 13.8 Å². The highest BCUT2D eigenvalue weighted by atomic mass is 17.2. The zero-order valence-electron chi connectivity index (χ0n) is 10.2. The van der Waals surface area contributed by atoms with Gasteiger partial charge < -0.3 is 0 Å². The number of hydrogen-bond donors (Lipinski definition) is 0. The second-order valence-electron chi connectivity index (χ2n) is 5.14. The Morgan fingerprint density at radius 1 is 1.33 bits per heavy atom. The molecule has 0 aromatic heterocycles. The molecule has 0 radical (unpaired) electrons. The van der Waals surface area contributed by atoms with Crippen molar-refractivity contribution in [2.45, 2.75) is 65.1 Å². The topological polar surface area (TPSA) is 35.5 Å². The predicted molar refractivity (Wildman–Crippen MR) is 58.4 cm³/mol. The summed E-state index contributed by atoms with van der Waals surface area (Å²) in [6.07, 6.45) is 3.15. The third-order valence-corrected chi connectivity index (χ3v) is 3.27. The average Bonchev–Trinajstić information content (AvgIpc) is 2.16. The molecule has 0 aromatic rings. The van der Waals surface area contributed by atoms with E-state index in [-0.39, 0.29) is 17.5 Å². The molecule has 1 unspecified atom stereocenters. The first-order valence-electron chi connectivity index (χ1n) is 5.80. The lowest BCUT2D eigenvalue weighted by molar-refractivity contribution is -0.379. The standard InChI is InChI=1S/C12H22O3/c1-9(2)12(3,4)15-14-11-8-6-5-7-10(11)13/h9,11H,5-8H2,1-4H3. The zero-order chi connectivity index (χ0) is 11.5. The highest BCUT2D eigenvalue weighted by Crippen LogP contribution is 2.24. The number of rotatable bonds is 4. The Balaban J connectivity index is 2.38. The van der Waals surface area contributed by atoms with Gasteiger partial charge in [0.05, 0.1) is 0 Å². The Labute approximate surface area is 92.1 Å². The summed E-state index contributed by atoms with van der Waals surface area (Å²) in [5.74, 6) is 0.539. The molecule has 3 heteroatoms. The summed E-state index contributed by atoms with van der Waals surface area (Å²) in [6.45, 7) is 8.11. The molecule has 1 atom stereocenters. The minimum Gasteiger partial charge on any atom is -0.297 e. The van der Waals surface area contributed by atoms with E-state index in [1.165, 1.54) is 0 Å². The van der Waals surface area contributed by atoms with E-state index in [9.17, 15) is 4.79 Å². The first-order chi connectivity index (χ1) is 6.93. The van der Waals surface area contributed by atoms with E-state index >= 15 is 0 Å². The molecule has 1 fully saturated rings. The van der Waals surface area contributed by atoms with Crippen molar-refractivity contribution in [2.75, 3.05) is 0 Å². The summed E-state index contributed by atoms with van der Waals surface area (Å²) in [7, 11) is 0. The van der Waals surface area contributed by atoms with Gasteiger partial charge in [-0.05, 0) is 39.0 Å². The second kappa shape index (κ2) is 5.08. The fraction of sp³-hybridized carbons (Fsp3) is 0.917. The van der Waals surface area contributed by atoms with Crippen molar-refractivity contribution in [3.05, 3.63) is 0 Å². The van der Waals surface area contributed by atoms with Gasteiger partial charge in [-0.3, -0.25) is 4.79 Å². The summed E-state index contributed by atoms with van der Waals surface area (Å²) in [6, 6.07) is 0. The van der Waals surface area contributed by atoms with Crippen LogP contribution in [0, 0.1) is 5.92 Å². The van der Waals surface area contributed by atoms with Gasteiger partial charge in [-0.1, -0.05) is 13.8 Å². The lowest BCUT2D eigenvalue weighted by Crippen LogP contribution is -2.36. The molecule has 88 valence electrons. The van der Waals surface area contributed by atoms with Crippen LogP contribution in [-0.2, 0) is 14.6 Å². The predicted octanol–water partition coefficient (Wildman–Crippen LogP) is 2.88. The maximum Gasteiger partial charge on any atom is 0.164 e. The first-order valence-corrected chi connectivity index (χ1v) is 5.80. The summed E-state index contributed by atoms with van der Waals surface area (Å²) in [5.41, 5.74) is -0.336. The molecule has 1 rings (SSSR count). The highest BCUT2D eigenvalue weighted by Gasteiger charge is 2.29. The Morgan fingerprint density at radius 3 is 2.53 bits per heavy atom. The number of Topliss-reactive ketones (excluding diaryl/α,β-unsaturated/α-hetero) is 1. The van der Waals surface area contributed by atoms with Crippen LogP contribution in [0.25, 0.3) is 0 Å². The van der Waals surface area contributed by atoms with Crippen LogP contribution in [0.1, 0.15) is 53.4 Å². The van der Waals surface area contributed by atoms with Crippen LogP contribution in [0.5, 0.6) is 0 Å². The molecule has 0 spiro atoms. The minimum atomic E-state index is -0.336. The van der Waals surface area contributed by atoms with Crippen LogP contribution < -0.4 is 0 Å². The van der Waals surface area contributed by atoms with Gasteiger partial charge in [-0.2, -0.15) is 0 Å². The van der Waals surface area contributed by atoms with Crippen molar-refractivity contribution < 1.29 is 14.6 Å². The van der Waals surface area contributed by atoms with Crippen molar-refractivity contribution in [3.63, 3.8) is 0 Å². The van der Waals surface area contributed by atoms with Gasteiger partial charge >= 0.3 is 0 Å². The van der Waals surface area contributed by atoms with Crippen LogP contribution in [0.2, 0.25) is 0 Å². The molecule has 0 aromatic carbocycles. The molecule has 0 saturated heterocycles. The number of carbonyl (C=O) groups is 1. The summed E-state index contributed by atoms with van der Waals surface area (Å²) >= 11 is 0. The molecule has 1 saturated carbocycles. The van der Waals surface area contributed by atoms with Crippen LogP contribution in [-0.4, -0.2) is 17.5 Å². The van der Waals surface area contributed by atoms with Crippen molar-refractivity contribution in [1.29, 1.82) is 0 Å². The third kappa shape index (κ3) is 3.58. The molecule has 0 aliphatic heterocycles. The van der Waals surface area contributed by atoms with Gasteiger partial charge in [-0.15, -0.1) is 0 Å². The fourth-order valence-electron chi connectivity index (χ4n) is 1.33. The summed E-state index contributed by atoms with van der Waals surface area (Å²) < 4.78 is 0. The normalized spacial score (nSPS) is 23.5. The van der Waals surface area contributed by atoms with Crippen molar-refractivity contribution >= 4 is 5.78 Å². The summed E-state index contributed by atoms with van der Waals surface area (Å²) in [5, 5.41) is 0. The third-order valence-electron chi connectivity index (χ3n) is 3.27. The highest BCUT2D eigenvalue weighted by molar-refractivity contribution is 5.83. The lowest BCUT2D eigenvalue weighted by atomic mass is 9.95. The van der Waals surface area contributed by atoms with Crippen LogP contribution >= 0.6 is 0 Å². The van der Waals surface area contributed by atoms with E-state index in [0.717, 1.165) is 19.3 Å². The van der Waals surface area contributed by atoms with Gasteiger partial charge in [0.15, 0.2) is 11.9 Å². The maximum atomic E-state index is 11.5. The molecular weight excluding hydrogens is 192 g/mol. The van der Waals surface area contributed by atoms with Gasteiger partial charge in [-0.25, -0.2) is 9.78 Å². The lowest BCUT2D eigenvalue weighted by Gasteiger charge is -2.30. The van der Waals surface area contributed by atoms with Crippen molar-refractivity contribution in [2.24, 2.45) is 5.92 Å². The Bertz CT molecular complexity index is 221. The number of carbonyl (C=O) groups excluding carboxylic acids is 1. The molecule has 0 N–H and O–H groups in total. The molecule has 0 amide bonds. The SMILES string of the molecule is CC(C)C(C)(C)OOC1CCCCC1=O. The van der Waals surface area contributed by atoms with Gasteiger partial charge in [0.2, 0.25) is 0 Å². The first kappa shape index (κ1) is 12.7. The largest absolute Gasteiger partial charge is 0.297 e. The van der Waals surface area contributed by atoms with E-state index < -0.39 is 0 Å². The molecule has 3 nitrogen and oxygen atoms in total. The maximum absolute atomic E-state index is 11.5. The molecular formula is C12H22O3. The Kier molecular flexibility index (Phi) is 4.29. The molecule has 0 heterocycles. The van der Waals surface area contributed by atoms with E-state index in [1.807, 2.05) is 13.8 Å². The molecule has 1 aliphatic carbocycles. The van der Waals surface area contributed by atoms with E-state index in [0.29, 0.717) is 12.3 Å². The average molecular weight is 214 g/mol. The Morgan fingerprint density at radius 2 is 2.00 bits per heavy atom. The number of ketones is 1. The quantitative estimate of drug-likeness (QED) is 0.533. The Hall–Kier alpha value is -0.410. The molecule has 1 aliphatic rings. The van der Waals surface area contributed by atoms with Gasteiger partial charge in [0.25, 0.3) is 0 Å². The van der Waals surface area contributed by atoms with Gasteiger partial charge in [0.1, 0.15) is 5.60 Å². The minimum absolute atomic E-state index is 0.181. The van der Waals surface area contributed by atoms with Crippen molar-refractivity contribution in [3.8, 4) is 0 Å². The zero-order valence-corrected chi connectivity index (χ0v) is 10.2. The van der Waals surface area contributed by atoms with Gasteiger partial charge in [0, 0.05) is 6.42 Å². The molecule has 15 heavy (non-hydrogen) atoms. The van der Waals surface area contributed by atoms with Crippen LogP contribution in [0.15, 0.2) is 0 Å². The van der Waals surface area contributed by atoms with Crippen LogP contribution in [0.3, 0.4) is 0 Å². The fourth-order valence-corrected chi connectivity index (χ4v) is 1.33. The van der Waals surface area contributed by atoms with Crippen LogP contribution in [0.4, 0.5) is 0 Å². The van der Waals surface area contributed by atoms with E-state index in [1.54, 1.807) is 0 Å². The monoisotopic (exact) mass is 214 g/mol. The van der Waals surface area contributed by atoms with E-state index in [4.69, 9.17) is 9.78 Å². The second-order valence-corrected chi connectivity index (χ2v) is 5.14.